The van der Waals surface area contributed by atoms with Crippen LogP contribution in [0, 0.1) is 0 Å². The second kappa shape index (κ2) is 5.02. The van der Waals surface area contributed by atoms with Crippen molar-refractivity contribution in [2.75, 3.05) is 19.0 Å². The Balaban J connectivity index is 2.49. The first kappa shape index (κ1) is 11.7. The van der Waals surface area contributed by atoms with E-state index < -0.39 is 0 Å². The van der Waals surface area contributed by atoms with Crippen LogP contribution in [0.3, 0.4) is 0 Å². The third-order valence-corrected chi connectivity index (χ3v) is 2.91. The summed E-state index contributed by atoms with van der Waals surface area (Å²) in [5.74, 6) is 0. The van der Waals surface area contributed by atoms with Crippen molar-refractivity contribution in [3.8, 4) is 11.1 Å². The van der Waals surface area contributed by atoms with E-state index in [0.29, 0.717) is 6.54 Å². The molecule has 0 fully saturated rings. The predicted octanol–water partition coefficient (Wildman–Crippen LogP) is 2.88. The van der Waals surface area contributed by atoms with Crippen LogP contribution in [0.5, 0.6) is 0 Å². The Labute approximate surface area is 103 Å². The molecule has 2 rings (SSSR count). The molecule has 0 aromatic heterocycles. The molecule has 88 valence electrons. The predicted molar refractivity (Wildman–Crippen MR) is 74.1 cm³/mol. The van der Waals surface area contributed by atoms with Gasteiger partial charge in [0.05, 0.1) is 0 Å². The summed E-state index contributed by atoms with van der Waals surface area (Å²) in [7, 11) is 4.10. The van der Waals surface area contributed by atoms with Crippen molar-refractivity contribution >= 4 is 5.69 Å². The minimum atomic E-state index is 0.572. The van der Waals surface area contributed by atoms with E-state index >= 15 is 0 Å². The summed E-state index contributed by atoms with van der Waals surface area (Å²) < 4.78 is 0. The Morgan fingerprint density at radius 3 is 2.47 bits per heavy atom. The monoisotopic (exact) mass is 226 g/mol. The van der Waals surface area contributed by atoms with Crippen LogP contribution in [-0.4, -0.2) is 14.1 Å². The first-order chi connectivity index (χ1) is 8.22. The molecule has 2 aromatic rings. The number of hydrogen-bond donors (Lipinski definition) is 1. The molecule has 0 saturated carbocycles. The molecule has 0 aliphatic heterocycles. The Morgan fingerprint density at radius 2 is 1.76 bits per heavy atom. The fourth-order valence-electron chi connectivity index (χ4n) is 1.93. The Kier molecular flexibility index (Phi) is 3.45. The molecule has 0 bridgehead atoms. The molecule has 0 spiro atoms. The topological polar surface area (TPSA) is 29.3 Å². The molecule has 0 aliphatic rings. The number of nitrogens with zero attached hydrogens (tertiary/aromatic N) is 1. The molecular formula is C15H18N2. The zero-order valence-corrected chi connectivity index (χ0v) is 10.4. The third kappa shape index (κ3) is 2.48. The van der Waals surface area contributed by atoms with Gasteiger partial charge in [0, 0.05) is 26.3 Å². The molecule has 0 radical (unpaired) electrons. The fourth-order valence-corrected chi connectivity index (χ4v) is 1.93. The van der Waals surface area contributed by atoms with Gasteiger partial charge in [-0.15, -0.1) is 0 Å². The van der Waals surface area contributed by atoms with Gasteiger partial charge in [-0.2, -0.15) is 0 Å². The van der Waals surface area contributed by atoms with E-state index in [0.717, 1.165) is 0 Å². The molecule has 0 atom stereocenters. The van der Waals surface area contributed by atoms with E-state index in [1.807, 2.05) is 20.2 Å². The summed E-state index contributed by atoms with van der Waals surface area (Å²) in [5, 5.41) is 0. The van der Waals surface area contributed by atoms with Crippen molar-refractivity contribution in [1.29, 1.82) is 0 Å². The summed E-state index contributed by atoms with van der Waals surface area (Å²) >= 11 is 0. The lowest BCUT2D eigenvalue weighted by molar-refractivity contribution is 1.07. The van der Waals surface area contributed by atoms with Crippen LogP contribution in [0.15, 0.2) is 48.5 Å². The molecule has 2 nitrogen and oxygen atoms in total. The van der Waals surface area contributed by atoms with Crippen molar-refractivity contribution in [2.45, 2.75) is 6.54 Å². The summed E-state index contributed by atoms with van der Waals surface area (Å²) in [6.07, 6.45) is 0. The Morgan fingerprint density at radius 1 is 1.00 bits per heavy atom. The number of rotatable bonds is 3. The van der Waals surface area contributed by atoms with Gasteiger partial charge in [-0.05, 0) is 28.8 Å². The highest BCUT2D eigenvalue weighted by molar-refractivity contribution is 5.71. The van der Waals surface area contributed by atoms with Crippen molar-refractivity contribution in [3.63, 3.8) is 0 Å². The second-order valence-electron chi connectivity index (χ2n) is 4.31. The summed E-state index contributed by atoms with van der Waals surface area (Å²) in [4.78, 5) is 2.11. The van der Waals surface area contributed by atoms with Gasteiger partial charge in [-0.25, -0.2) is 0 Å². The number of benzene rings is 2. The Hall–Kier alpha value is -1.80. The molecule has 0 aliphatic carbocycles. The summed E-state index contributed by atoms with van der Waals surface area (Å²) in [6.45, 7) is 0.572. The van der Waals surface area contributed by atoms with Crippen LogP contribution in [0.4, 0.5) is 5.69 Å². The largest absolute Gasteiger partial charge is 0.378 e. The summed E-state index contributed by atoms with van der Waals surface area (Å²) in [6, 6.07) is 16.8. The molecule has 0 amide bonds. The molecule has 2 aromatic carbocycles. The maximum Gasteiger partial charge on any atom is 0.0367 e. The number of anilines is 1. The van der Waals surface area contributed by atoms with Gasteiger partial charge < -0.3 is 10.6 Å². The van der Waals surface area contributed by atoms with E-state index in [-0.39, 0.29) is 0 Å². The lowest BCUT2D eigenvalue weighted by Crippen LogP contribution is -2.08. The average molecular weight is 226 g/mol. The van der Waals surface area contributed by atoms with Crippen molar-refractivity contribution in [2.24, 2.45) is 5.73 Å². The normalized spacial score (nSPS) is 10.3. The quantitative estimate of drug-likeness (QED) is 0.872. The van der Waals surface area contributed by atoms with Gasteiger partial charge in [-0.1, -0.05) is 36.4 Å². The van der Waals surface area contributed by atoms with Crippen LogP contribution in [0.2, 0.25) is 0 Å². The van der Waals surface area contributed by atoms with E-state index in [9.17, 15) is 0 Å². The van der Waals surface area contributed by atoms with E-state index in [4.69, 9.17) is 5.73 Å². The maximum absolute atomic E-state index is 5.78. The average Bonchev–Trinajstić information content (AvgIpc) is 2.39. The van der Waals surface area contributed by atoms with Gasteiger partial charge in [0.15, 0.2) is 0 Å². The van der Waals surface area contributed by atoms with E-state index in [2.05, 4.69) is 47.4 Å². The van der Waals surface area contributed by atoms with Gasteiger partial charge in [0.2, 0.25) is 0 Å². The van der Waals surface area contributed by atoms with Gasteiger partial charge in [0.1, 0.15) is 0 Å². The first-order valence-corrected chi connectivity index (χ1v) is 5.78. The van der Waals surface area contributed by atoms with Gasteiger partial charge in [-0.3, -0.25) is 0 Å². The van der Waals surface area contributed by atoms with Crippen LogP contribution >= 0.6 is 0 Å². The van der Waals surface area contributed by atoms with E-state index in [1.165, 1.54) is 22.4 Å². The summed E-state index contributed by atoms with van der Waals surface area (Å²) in [5.41, 5.74) is 10.6. The molecule has 2 heteroatoms. The van der Waals surface area contributed by atoms with Crippen molar-refractivity contribution in [3.05, 3.63) is 54.1 Å². The molecular weight excluding hydrogens is 208 g/mol. The highest BCUT2D eigenvalue weighted by atomic mass is 15.1. The van der Waals surface area contributed by atoms with Crippen molar-refractivity contribution < 1.29 is 0 Å². The number of nitrogens with two attached hydrogens (primary N) is 1. The molecule has 0 saturated heterocycles. The van der Waals surface area contributed by atoms with Crippen LogP contribution < -0.4 is 10.6 Å². The highest BCUT2D eigenvalue weighted by Gasteiger charge is 2.04. The minimum absolute atomic E-state index is 0.572. The lowest BCUT2D eigenvalue weighted by atomic mass is 9.99. The van der Waals surface area contributed by atoms with Crippen molar-refractivity contribution in [1.82, 2.24) is 0 Å². The zero-order valence-electron chi connectivity index (χ0n) is 10.4. The Bertz CT molecular complexity index is 504. The van der Waals surface area contributed by atoms with Crippen LogP contribution in [0.1, 0.15) is 5.56 Å². The van der Waals surface area contributed by atoms with Gasteiger partial charge in [0.25, 0.3) is 0 Å². The van der Waals surface area contributed by atoms with E-state index in [1.54, 1.807) is 0 Å². The zero-order chi connectivity index (χ0) is 12.3. The fraction of sp³-hybridized carbons (Fsp3) is 0.200. The second-order valence-corrected chi connectivity index (χ2v) is 4.31. The SMILES string of the molecule is CN(C)c1cccc(-c2ccccc2CN)c1. The highest BCUT2D eigenvalue weighted by Crippen LogP contribution is 2.26. The van der Waals surface area contributed by atoms with Crippen LogP contribution in [0.25, 0.3) is 11.1 Å². The molecule has 2 N–H and O–H groups in total. The minimum Gasteiger partial charge on any atom is -0.378 e. The standard InChI is InChI=1S/C15H18N2/c1-17(2)14-8-5-7-12(10-14)15-9-4-3-6-13(15)11-16/h3-10H,11,16H2,1-2H3. The lowest BCUT2D eigenvalue weighted by Gasteiger charge is -2.15. The molecule has 17 heavy (non-hydrogen) atoms. The van der Waals surface area contributed by atoms with Gasteiger partial charge >= 0.3 is 0 Å². The maximum atomic E-state index is 5.78. The van der Waals surface area contributed by atoms with Crippen LogP contribution in [-0.2, 0) is 6.54 Å². The molecule has 0 heterocycles. The number of hydrogen-bond acceptors (Lipinski definition) is 2. The third-order valence-electron chi connectivity index (χ3n) is 2.91. The smallest absolute Gasteiger partial charge is 0.0367 e. The first-order valence-electron chi connectivity index (χ1n) is 5.78. The molecule has 0 unspecified atom stereocenters.